The molecule has 112 valence electrons. The molecule has 1 saturated carbocycles. The molecular formula is C14H26N6. The molecule has 0 spiro atoms. The Bertz CT molecular complexity index is 427. The number of piperazine rings is 1. The van der Waals surface area contributed by atoms with Gasteiger partial charge in [0.2, 0.25) is 0 Å². The molecule has 20 heavy (non-hydrogen) atoms. The summed E-state index contributed by atoms with van der Waals surface area (Å²) in [5, 5.41) is 11.9. The van der Waals surface area contributed by atoms with E-state index in [4.69, 9.17) is 0 Å². The first-order valence-electron chi connectivity index (χ1n) is 7.75. The molecular weight excluding hydrogens is 252 g/mol. The van der Waals surface area contributed by atoms with Crippen LogP contribution in [0.4, 0.5) is 0 Å². The van der Waals surface area contributed by atoms with Crippen molar-refractivity contribution in [3.05, 3.63) is 11.9 Å². The van der Waals surface area contributed by atoms with Crippen molar-refractivity contribution in [2.45, 2.75) is 44.9 Å². The highest BCUT2D eigenvalue weighted by Crippen LogP contribution is 2.18. The summed E-state index contributed by atoms with van der Waals surface area (Å²) in [4.78, 5) is 4.95. The van der Waals surface area contributed by atoms with Crippen LogP contribution in [0.15, 0.2) is 6.20 Å². The van der Waals surface area contributed by atoms with E-state index < -0.39 is 0 Å². The normalized spacial score (nSPS) is 25.2. The second kappa shape index (κ2) is 6.20. The SMILES string of the molecule is CC1CN(C)CCN1CCn1cc(CNC2CC2)nn1. The summed E-state index contributed by atoms with van der Waals surface area (Å²) in [7, 11) is 2.20. The maximum atomic E-state index is 4.23. The number of rotatable bonds is 6. The Hall–Kier alpha value is -0.980. The molecule has 2 aliphatic rings. The van der Waals surface area contributed by atoms with Gasteiger partial charge < -0.3 is 10.2 Å². The molecule has 6 nitrogen and oxygen atoms in total. The third kappa shape index (κ3) is 3.77. The number of nitrogens with one attached hydrogen (secondary N) is 1. The monoisotopic (exact) mass is 278 g/mol. The molecule has 2 fully saturated rings. The maximum absolute atomic E-state index is 4.23. The summed E-state index contributed by atoms with van der Waals surface area (Å²) in [5.74, 6) is 0. The Balaban J connectivity index is 1.43. The first-order valence-corrected chi connectivity index (χ1v) is 7.75. The Morgan fingerprint density at radius 1 is 1.30 bits per heavy atom. The lowest BCUT2D eigenvalue weighted by molar-refractivity contribution is 0.0957. The summed E-state index contributed by atoms with van der Waals surface area (Å²) < 4.78 is 1.98. The summed E-state index contributed by atoms with van der Waals surface area (Å²) in [6.07, 6.45) is 4.71. The number of hydrogen-bond donors (Lipinski definition) is 1. The van der Waals surface area contributed by atoms with Crippen LogP contribution in [0.25, 0.3) is 0 Å². The Morgan fingerprint density at radius 2 is 2.15 bits per heavy atom. The number of likely N-dealkylation sites (N-methyl/N-ethyl adjacent to an activating group) is 1. The molecule has 1 atom stereocenters. The van der Waals surface area contributed by atoms with Crippen molar-refractivity contribution in [1.82, 2.24) is 30.1 Å². The lowest BCUT2D eigenvalue weighted by Gasteiger charge is -2.38. The van der Waals surface area contributed by atoms with Crippen LogP contribution in [-0.2, 0) is 13.1 Å². The number of hydrogen-bond acceptors (Lipinski definition) is 5. The summed E-state index contributed by atoms with van der Waals surface area (Å²) in [5.41, 5.74) is 1.06. The van der Waals surface area contributed by atoms with Crippen LogP contribution in [0.5, 0.6) is 0 Å². The predicted molar refractivity (Wildman–Crippen MR) is 78.4 cm³/mol. The van der Waals surface area contributed by atoms with Crippen LogP contribution in [-0.4, -0.2) is 70.1 Å². The first-order chi connectivity index (χ1) is 9.70. The quantitative estimate of drug-likeness (QED) is 0.804. The van der Waals surface area contributed by atoms with Crippen LogP contribution in [0.2, 0.25) is 0 Å². The molecule has 2 heterocycles. The van der Waals surface area contributed by atoms with Gasteiger partial charge in [-0.2, -0.15) is 0 Å². The zero-order valence-corrected chi connectivity index (χ0v) is 12.6. The fraction of sp³-hybridized carbons (Fsp3) is 0.857. The summed E-state index contributed by atoms with van der Waals surface area (Å²) in [6, 6.07) is 1.36. The number of nitrogens with zero attached hydrogens (tertiary/aromatic N) is 5. The standard InChI is InChI=1S/C14H26N6/c1-12-10-18(2)5-6-19(12)7-8-20-11-14(16-17-20)9-15-13-3-4-13/h11-13,15H,3-10H2,1-2H3. The molecule has 3 rings (SSSR count). The van der Waals surface area contributed by atoms with Crippen LogP contribution in [0, 0.1) is 0 Å². The minimum atomic E-state index is 0.633. The van der Waals surface area contributed by atoms with Gasteiger partial charge in [-0.3, -0.25) is 9.58 Å². The maximum Gasteiger partial charge on any atom is 0.0964 e. The molecule has 1 aromatic heterocycles. The van der Waals surface area contributed by atoms with Crippen molar-refractivity contribution in [3.63, 3.8) is 0 Å². The minimum Gasteiger partial charge on any atom is -0.308 e. The highest BCUT2D eigenvalue weighted by atomic mass is 15.4. The van der Waals surface area contributed by atoms with E-state index in [0.29, 0.717) is 6.04 Å². The fourth-order valence-corrected chi connectivity index (χ4v) is 2.81. The Kier molecular flexibility index (Phi) is 4.33. The van der Waals surface area contributed by atoms with E-state index in [1.165, 1.54) is 12.8 Å². The summed E-state index contributed by atoms with van der Waals surface area (Å²) in [6.45, 7) is 8.64. The van der Waals surface area contributed by atoms with E-state index in [2.05, 4.69) is 45.6 Å². The predicted octanol–water partition coefficient (Wildman–Crippen LogP) is 0.166. The van der Waals surface area contributed by atoms with Crippen molar-refractivity contribution in [3.8, 4) is 0 Å². The highest BCUT2D eigenvalue weighted by molar-refractivity contribution is 4.94. The van der Waals surface area contributed by atoms with Crippen LogP contribution in [0.1, 0.15) is 25.5 Å². The molecule has 1 aliphatic heterocycles. The van der Waals surface area contributed by atoms with Gasteiger partial charge in [-0.05, 0) is 26.8 Å². The average Bonchev–Trinajstić information content (AvgIpc) is 3.14. The third-order valence-corrected chi connectivity index (χ3v) is 4.32. The second-order valence-corrected chi connectivity index (χ2v) is 6.28. The lowest BCUT2D eigenvalue weighted by Crippen LogP contribution is -2.51. The van der Waals surface area contributed by atoms with Gasteiger partial charge in [0.05, 0.1) is 12.2 Å². The van der Waals surface area contributed by atoms with E-state index in [0.717, 1.165) is 51.0 Å². The third-order valence-electron chi connectivity index (χ3n) is 4.32. The fourth-order valence-electron chi connectivity index (χ4n) is 2.81. The molecule has 1 aliphatic carbocycles. The highest BCUT2D eigenvalue weighted by Gasteiger charge is 2.22. The summed E-state index contributed by atoms with van der Waals surface area (Å²) >= 11 is 0. The van der Waals surface area contributed by atoms with E-state index >= 15 is 0 Å². The van der Waals surface area contributed by atoms with Crippen molar-refractivity contribution in [2.24, 2.45) is 0 Å². The molecule has 0 amide bonds. The number of aromatic nitrogens is 3. The van der Waals surface area contributed by atoms with Crippen molar-refractivity contribution in [1.29, 1.82) is 0 Å². The van der Waals surface area contributed by atoms with Crippen molar-refractivity contribution < 1.29 is 0 Å². The zero-order valence-electron chi connectivity index (χ0n) is 12.6. The van der Waals surface area contributed by atoms with E-state index in [1.807, 2.05) is 4.68 Å². The molecule has 0 radical (unpaired) electrons. The van der Waals surface area contributed by atoms with Gasteiger partial charge in [-0.1, -0.05) is 5.21 Å². The van der Waals surface area contributed by atoms with Gasteiger partial charge >= 0.3 is 0 Å². The smallest absolute Gasteiger partial charge is 0.0964 e. The molecule has 6 heteroatoms. The van der Waals surface area contributed by atoms with E-state index in [1.54, 1.807) is 0 Å². The van der Waals surface area contributed by atoms with Crippen LogP contribution in [0.3, 0.4) is 0 Å². The molecule has 1 saturated heterocycles. The lowest BCUT2D eigenvalue weighted by atomic mass is 10.2. The van der Waals surface area contributed by atoms with E-state index in [-0.39, 0.29) is 0 Å². The topological polar surface area (TPSA) is 49.2 Å². The van der Waals surface area contributed by atoms with Gasteiger partial charge in [-0.25, -0.2) is 0 Å². The minimum absolute atomic E-state index is 0.633. The van der Waals surface area contributed by atoms with Gasteiger partial charge in [-0.15, -0.1) is 5.10 Å². The molecule has 0 bridgehead atoms. The molecule has 0 aromatic carbocycles. The zero-order chi connectivity index (χ0) is 13.9. The Labute approximate surface area is 121 Å². The van der Waals surface area contributed by atoms with Crippen molar-refractivity contribution >= 4 is 0 Å². The van der Waals surface area contributed by atoms with Gasteiger partial charge in [0.1, 0.15) is 0 Å². The van der Waals surface area contributed by atoms with Gasteiger partial charge in [0.25, 0.3) is 0 Å². The first kappa shape index (κ1) is 14.0. The van der Waals surface area contributed by atoms with Crippen molar-refractivity contribution in [2.75, 3.05) is 33.2 Å². The van der Waals surface area contributed by atoms with Gasteiger partial charge in [0, 0.05) is 51.0 Å². The van der Waals surface area contributed by atoms with Crippen LogP contribution < -0.4 is 5.32 Å². The molecule has 1 N–H and O–H groups in total. The molecule has 1 aromatic rings. The second-order valence-electron chi connectivity index (χ2n) is 6.28. The largest absolute Gasteiger partial charge is 0.308 e. The average molecular weight is 278 g/mol. The Morgan fingerprint density at radius 3 is 2.90 bits per heavy atom. The van der Waals surface area contributed by atoms with E-state index in [9.17, 15) is 0 Å². The van der Waals surface area contributed by atoms with Gasteiger partial charge in [0.15, 0.2) is 0 Å². The van der Waals surface area contributed by atoms with Crippen LogP contribution >= 0.6 is 0 Å². The molecule has 1 unspecified atom stereocenters.